The number of hydrogen-bond acceptors (Lipinski definition) is 6. The van der Waals surface area contributed by atoms with Crippen molar-refractivity contribution in [3.05, 3.63) is 69.9 Å². The van der Waals surface area contributed by atoms with Crippen LogP contribution in [0.15, 0.2) is 53.5 Å². The van der Waals surface area contributed by atoms with Gasteiger partial charge in [0.2, 0.25) is 12.3 Å². The normalized spacial score (nSPS) is 13.2. The maximum atomic E-state index is 12.6. The lowest BCUT2D eigenvalue weighted by molar-refractivity contribution is -0.439. The number of likely N-dealkylation sites (N-methyl/N-ethyl adjacent to an activating group) is 1. The van der Waals surface area contributed by atoms with E-state index in [1.54, 1.807) is 19.2 Å². The average Bonchev–Trinajstić information content (AvgIpc) is 3.02. The van der Waals surface area contributed by atoms with Crippen molar-refractivity contribution < 1.29 is 21.9 Å². The lowest BCUT2D eigenvalue weighted by atomic mass is 10.0. The molecule has 0 saturated carbocycles. The quantitative estimate of drug-likeness (QED) is 0.121. The summed E-state index contributed by atoms with van der Waals surface area (Å²) in [5.74, 6) is 0.625. The van der Waals surface area contributed by atoms with Gasteiger partial charge >= 0.3 is 10.4 Å². The van der Waals surface area contributed by atoms with Crippen LogP contribution in [0.25, 0.3) is 0 Å². The van der Waals surface area contributed by atoms with Gasteiger partial charge in [-0.25, -0.2) is 9.18 Å². The number of nitrogens with one attached hydrogen (secondary N) is 1. The molecule has 0 radical (unpaired) electrons. The Balaban J connectivity index is 0.000000275. The van der Waals surface area contributed by atoms with E-state index in [0.29, 0.717) is 23.0 Å². The minimum atomic E-state index is -4.23. The Bertz CT molecular complexity index is 1150. The van der Waals surface area contributed by atoms with Crippen LogP contribution in [-0.4, -0.2) is 49.5 Å². The molecule has 3 rings (SSSR count). The van der Waals surface area contributed by atoms with Crippen LogP contribution in [0.2, 0.25) is 5.02 Å². The molecule has 1 aliphatic rings. The van der Waals surface area contributed by atoms with Gasteiger partial charge in [-0.2, -0.15) is 13.2 Å². The van der Waals surface area contributed by atoms with Crippen LogP contribution in [0.5, 0.6) is 0 Å². The van der Waals surface area contributed by atoms with E-state index in [2.05, 4.69) is 21.4 Å². The predicted molar refractivity (Wildman–Crippen MR) is 155 cm³/mol. The van der Waals surface area contributed by atoms with Crippen LogP contribution >= 0.6 is 11.6 Å². The molecule has 0 amide bonds. The maximum absolute atomic E-state index is 12.6. The third-order valence-electron chi connectivity index (χ3n) is 6.08. The van der Waals surface area contributed by atoms with E-state index in [0.717, 1.165) is 34.4 Å². The van der Waals surface area contributed by atoms with Crippen LogP contribution in [0, 0.1) is 5.21 Å². The van der Waals surface area contributed by atoms with E-state index in [4.69, 9.17) is 16.2 Å². The van der Waals surface area contributed by atoms with Gasteiger partial charge in [0, 0.05) is 17.6 Å². The molecule has 0 unspecified atom stereocenters. The van der Waals surface area contributed by atoms with E-state index < -0.39 is 10.4 Å². The molecule has 0 spiro atoms. The van der Waals surface area contributed by atoms with Gasteiger partial charge in [-0.3, -0.25) is 4.55 Å². The van der Waals surface area contributed by atoms with Crippen LogP contribution in [-0.2, 0) is 14.6 Å². The standard InChI is InChI=1S/C16H14ClN3O.C12H26O4S/c1-18-15-10-20(21)16(11-5-3-2-4-6-11)13-9-12(17)7-8-14(13)19-15;1-2-3-4-5-6-7-8-9-10-11-12-16-17(13,14)15/h2-9H,10H2,1H3,(H,18,19);2-12H2,1H3,(H,13,14,15). The third kappa shape index (κ3) is 11.9. The lowest BCUT2D eigenvalue weighted by Gasteiger charge is -2.10. The Morgan fingerprint density at radius 3 is 2.18 bits per heavy atom. The van der Waals surface area contributed by atoms with E-state index in [9.17, 15) is 13.6 Å². The minimum absolute atomic E-state index is 0.0926. The number of unbranched alkanes of at least 4 members (excludes halogenated alkanes) is 9. The summed E-state index contributed by atoms with van der Waals surface area (Å²) in [5, 5.41) is 16.1. The zero-order valence-corrected chi connectivity index (χ0v) is 23.9. The number of hydroxylamine groups is 1. The summed E-state index contributed by atoms with van der Waals surface area (Å²) in [6.07, 6.45) is 11.9. The topological polar surface area (TPSA) is 114 Å². The first-order valence-corrected chi connectivity index (χ1v) is 15.0. The van der Waals surface area contributed by atoms with Crippen LogP contribution in [0.3, 0.4) is 0 Å². The number of halogens is 1. The minimum Gasteiger partial charge on any atom is -0.623 e. The monoisotopic (exact) mass is 565 g/mol. The van der Waals surface area contributed by atoms with Gasteiger partial charge in [-0.15, -0.1) is 0 Å². The fourth-order valence-electron chi connectivity index (χ4n) is 4.11. The number of rotatable bonds is 13. The Labute approximate surface area is 232 Å². The van der Waals surface area contributed by atoms with Crippen molar-refractivity contribution in [3.8, 4) is 0 Å². The summed E-state index contributed by atoms with van der Waals surface area (Å²) in [4.78, 5) is 4.51. The summed E-state index contributed by atoms with van der Waals surface area (Å²) in [6, 6.07) is 15.0. The van der Waals surface area contributed by atoms with Crippen LogP contribution < -0.4 is 5.32 Å². The second-order valence-electron chi connectivity index (χ2n) is 9.15. The van der Waals surface area contributed by atoms with E-state index >= 15 is 0 Å². The molecule has 0 fully saturated rings. The lowest BCUT2D eigenvalue weighted by Crippen LogP contribution is -2.29. The van der Waals surface area contributed by atoms with E-state index in [1.165, 1.54) is 44.9 Å². The Kier molecular flexibility index (Phi) is 14.4. The van der Waals surface area contributed by atoms with Crippen molar-refractivity contribution in [2.45, 2.75) is 71.1 Å². The molecule has 0 bridgehead atoms. The fraction of sp³-hybridized carbons (Fsp3) is 0.500. The summed E-state index contributed by atoms with van der Waals surface area (Å²) in [5.41, 5.74) is 2.92. The highest BCUT2D eigenvalue weighted by Crippen LogP contribution is 2.28. The Morgan fingerprint density at radius 2 is 1.61 bits per heavy atom. The van der Waals surface area contributed by atoms with E-state index in [-0.39, 0.29) is 13.2 Å². The molecule has 0 atom stereocenters. The van der Waals surface area contributed by atoms with Gasteiger partial charge in [-0.05, 0) is 36.8 Å². The summed E-state index contributed by atoms with van der Waals surface area (Å²) in [7, 11) is -2.47. The highest BCUT2D eigenvalue weighted by atomic mass is 35.5. The van der Waals surface area contributed by atoms with Crippen LogP contribution in [0.4, 0.5) is 5.69 Å². The van der Waals surface area contributed by atoms with Crippen molar-refractivity contribution in [1.29, 1.82) is 0 Å². The van der Waals surface area contributed by atoms with Gasteiger partial charge in [0.1, 0.15) is 0 Å². The van der Waals surface area contributed by atoms with Gasteiger partial charge in [0.15, 0.2) is 5.84 Å². The summed E-state index contributed by atoms with van der Waals surface area (Å²) >= 11 is 6.10. The first-order chi connectivity index (χ1) is 18.2. The molecule has 10 heteroatoms. The van der Waals surface area contributed by atoms with Gasteiger partial charge in [0.05, 0.1) is 17.9 Å². The number of fused-ring (bicyclic) bond motifs is 1. The second-order valence-corrected chi connectivity index (χ2v) is 10.7. The van der Waals surface area contributed by atoms with Crippen molar-refractivity contribution in [2.75, 3.05) is 20.2 Å². The SMILES string of the molecule is CCCCCCCCCCCCOS(=O)(=O)O.CNC1=Nc2ccc(Cl)cc2C(c2ccccc2)=[N+]([O-])C1. The zero-order chi connectivity index (χ0) is 27.8. The fourth-order valence-corrected chi connectivity index (χ4v) is 4.61. The molecule has 2 aromatic rings. The van der Waals surface area contributed by atoms with Gasteiger partial charge < -0.3 is 10.5 Å². The first kappa shape index (κ1) is 31.8. The molecule has 1 heterocycles. The first-order valence-electron chi connectivity index (χ1n) is 13.3. The van der Waals surface area contributed by atoms with Crippen molar-refractivity contribution in [1.82, 2.24) is 5.32 Å². The highest BCUT2D eigenvalue weighted by molar-refractivity contribution is 7.80. The highest BCUT2D eigenvalue weighted by Gasteiger charge is 2.24. The van der Waals surface area contributed by atoms with Crippen molar-refractivity contribution >= 4 is 39.2 Å². The zero-order valence-electron chi connectivity index (χ0n) is 22.4. The number of hydrogen-bond donors (Lipinski definition) is 2. The Hall–Kier alpha value is -2.46. The molecule has 8 nitrogen and oxygen atoms in total. The molecule has 0 saturated heterocycles. The van der Waals surface area contributed by atoms with Gasteiger partial charge in [-0.1, -0.05) is 94.5 Å². The number of benzene rings is 2. The molecule has 1 aliphatic heterocycles. The predicted octanol–water partition coefficient (Wildman–Crippen LogP) is 6.68. The maximum Gasteiger partial charge on any atom is 0.397 e. The molecular weight excluding hydrogens is 526 g/mol. The number of amidine groups is 1. The molecular formula is C28H40ClN3O5S. The number of nitrogens with zero attached hydrogens (tertiary/aromatic N) is 2. The molecule has 2 aromatic carbocycles. The molecule has 0 aromatic heterocycles. The van der Waals surface area contributed by atoms with Crippen LogP contribution in [0.1, 0.15) is 82.3 Å². The van der Waals surface area contributed by atoms with E-state index in [1.807, 2.05) is 36.4 Å². The molecule has 210 valence electrons. The average molecular weight is 566 g/mol. The van der Waals surface area contributed by atoms with Crippen molar-refractivity contribution in [3.63, 3.8) is 0 Å². The smallest absolute Gasteiger partial charge is 0.397 e. The largest absolute Gasteiger partial charge is 0.623 e. The van der Waals surface area contributed by atoms with Crippen molar-refractivity contribution in [2.24, 2.45) is 4.99 Å². The third-order valence-corrected chi connectivity index (χ3v) is 6.78. The molecule has 2 N–H and O–H groups in total. The summed E-state index contributed by atoms with van der Waals surface area (Å²) < 4.78 is 33.9. The number of aliphatic imine (C=N–C) groups is 1. The molecule has 0 aliphatic carbocycles. The molecule has 38 heavy (non-hydrogen) atoms. The van der Waals surface area contributed by atoms with Gasteiger partial charge in [0.25, 0.3) is 0 Å². The summed E-state index contributed by atoms with van der Waals surface area (Å²) in [6.45, 7) is 2.48. The second kappa shape index (κ2) is 17.2. The Morgan fingerprint density at radius 1 is 1.00 bits per heavy atom.